The van der Waals surface area contributed by atoms with Crippen LogP contribution in [0.15, 0.2) is 40.2 Å². The molecule has 0 spiro atoms. The van der Waals surface area contributed by atoms with Crippen LogP contribution in [0.2, 0.25) is 0 Å². The Morgan fingerprint density at radius 3 is 2.47 bits per heavy atom. The van der Waals surface area contributed by atoms with E-state index in [1.54, 1.807) is 11.3 Å². The molecule has 1 heterocycles. The SMILES string of the molecule is CNCC(Cc1ccc(F)cc1)Cc1ccc(Br)s1. The molecule has 0 amide bonds. The van der Waals surface area contributed by atoms with E-state index in [2.05, 4.69) is 33.4 Å². The minimum absolute atomic E-state index is 0.170. The van der Waals surface area contributed by atoms with Crippen molar-refractivity contribution in [3.8, 4) is 0 Å². The Labute approximate surface area is 126 Å². The highest BCUT2D eigenvalue weighted by molar-refractivity contribution is 9.11. The summed E-state index contributed by atoms with van der Waals surface area (Å²) in [5.41, 5.74) is 1.19. The van der Waals surface area contributed by atoms with Gasteiger partial charge >= 0.3 is 0 Å². The predicted octanol–water partition coefficient (Wildman–Crippen LogP) is 4.27. The van der Waals surface area contributed by atoms with Crippen LogP contribution in [0.25, 0.3) is 0 Å². The van der Waals surface area contributed by atoms with E-state index >= 15 is 0 Å². The average molecular weight is 342 g/mol. The number of hydrogen-bond donors (Lipinski definition) is 1. The van der Waals surface area contributed by atoms with Crippen LogP contribution in [0.3, 0.4) is 0 Å². The standard InChI is InChI=1S/C15H17BrFNS/c1-18-10-12(9-14-6-7-15(16)19-14)8-11-2-4-13(17)5-3-11/h2-7,12,18H,8-10H2,1H3. The van der Waals surface area contributed by atoms with Crippen molar-refractivity contribution >= 4 is 27.3 Å². The number of halogens is 2. The first-order valence-electron chi connectivity index (χ1n) is 6.30. The topological polar surface area (TPSA) is 12.0 Å². The van der Waals surface area contributed by atoms with Crippen LogP contribution < -0.4 is 5.32 Å². The second-order valence-electron chi connectivity index (χ2n) is 4.66. The third kappa shape index (κ3) is 4.71. The first-order valence-corrected chi connectivity index (χ1v) is 7.91. The Kier molecular flexibility index (Phi) is 5.55. The molecule has 1 unspecified atom stereocenters. The van der Waals surface area contributed by atoms with Crippen LogP contribution in [0, 0.1) is 11.7 Å². The summed E-state index contributed by atoms with van der Waals surface area (Å²) in [6.07, 6.45) is 2.02. The molecular weight excluding hydrogens is 325 g/mol. The second kappa shape index (κ2) is 7.17. The van der Waals surface area contributed by atoms with Gasteiger partial charge in [-0.2, -0.15) is 0 Å². The summed E-state index contributed by atoms with van der Waals surface area (Å²) in [6, 6.07) is 11.1. The molecular formula is C15H17BrFNS. The number of nitrogens with one attached hydrogen (secondary N) is 1. The summed E-state index contributed by atoms with van der Waals surface area (Å²) in [5.74, 6) is 0.358. The number of rotatable bonds is 6. The van der Waals surface area contributed by atoms with Gasteiger partial charge in [0.2, 0.25) is 0 Å². The van der Waals surface area contributed by atoms with E-state index in [0.717, 1.165) is 19.4 Å². The van der Waals surface area contributed by atoms with E-state index in [-0.39, 0.29) is 5.82 Å². The Morgan fingerprint density at radius 2 is 1.89 bits per heavy atom. The van der Waals surface area contributed by atoms with Gasteiger partial charge in [0.15, 0.2) is 0 Å². The van der Waals surface area contributed by atoms with Crippen LogP contribution in [0.4, 0.5) is 4.39 Å². The van der Waals surface area contributed by atoms with Gasteiger partial charge in [0.25, 0.3) is 0 Å². The van der Waals surface area contributed by atoms with Crippen molar-refractivity contribution in [1.29, 1.82) is 0 Å². The van der Waals surface area contributed by atoms with E-state index in [0.29, 0.717) is 5.92 Å². The van der Waals surface area contributed by atoms with Crippen molar-refractivity contribution in [1.82, 2.24) is 5.32 Å². The normalized spacial score (nSPS) is 12.6. The zero-order chi connectivity index (χ0) is 13.7. The van der Waals surface area contributed by atoms with Gasteiger partial charge < -0.3 is 5.32 Å². The molecule has 2 rings (SSSR count). The summed E-state index contributed by atoms with van der Waals surface area (Å²) < 4.78 is 14.1. The van der Waals surface area contributed by atoms with Gasteiger partial charge in [-0.1, -0.05) is 12.1 Å². The predicted molar refractivity (Wildman–Crippen MR) is 83.2 cm³/mol. The first kappa shape index (κ1) is 14.7. The Hall–Kier alpha value is -0.710. The molecule has 1 nitrogen and oxygen atoms in total. The Bertz CT molecular complexity index is 509. The van der Waals surface area contributed by atoms with E-state index in [9.17, 15) is 4.39 Å². The highest BCUT2D eigenvalue weighted by atomic mass is 79.9. The summed E-state index contributed by atoms with van der Waals surface area (Å²) in [4.78, 5) is 1.38. The maximum absolute atomic E-state index is 12.9. The van der Waals surface area contributed by atoms with Crippen LogP contribution in [0.1, 0.15) is 10.4 Å². The molecule has 4 heteroatoms. The van der Waals surface area contributed by atoms with Crippen molar-refractivity contribution in [2.45, 2.75) is 12.8 Å². The molecule has 0 aliphatic rings. The fourth-order valence-corrected chi connectivity index (χ4v) is 3.80. The molecule has 1 aromatic heterocycles. The van der Waals surface area contributed by atoms with E-state index in [1.165, 1.54) is 26.4 Å². The third-order valence-electron chi connectivity index (χ3n) is 3.05. The molecule has 2 aromatic rings. The summed E-state index contributed by atoms with van der Waals surface area (Å²) in [6.45, 7) is 0.965. The fourth-order valence-electron chi connectivity index (χ4n) is 2.20. The molecule has 0 aliphatic heterocycles. The summed E-state index contributed by atoms with van der Waals surface area (Å²) in [7, 11) is 1.97. The second-order valence-corrected chi connectivity index (χ2v) is 7.21. The van der Waals surface area contributed by atoms with E-state index < -0.39 is 0 Å². The van der Waals surface area contributed by atoms with Gasteiger partial charge in [-0.25, -0.2) is 4.39 Å². The molecule has 0 saturated heterocycles. The van der Waals surface area contributed by atoms with Gasteiger partial charge in [0.1, 0.15) is 5.82 Å². The molecule has 0 saturated carbocycles. The molecule has 19 heavy (non-hydrogen) atoms. The van der Waals surface area contributed by atoms with Crippen LogP contribution >= 0.6 is 27.3 Å². The van der Waals surface area contributed by atoms with Crippen LogP contribution in [-0.2, 0) is 12.8 Å². The number of benzene rings is 1. The molecule has 1 atom stereocenters. The molecule has 1 aromatic carbocycles. The summed E-state index contributed by atoms with van der Waals surface area (Å²) >= 11 is 5.28. The number of thiophene rings is 1. The molecule has 0 aliphatic carbocycles. The van der Waals surface area contributed by atoms with E-state index in [1.807, 2.05) is 19.2 Å². The first-order chi connectivity index (χ1) is 9.17. The molecule has 0 fully saturated rings. The van der Waals surface area contributed by atoms with Crippen molar-refractivity contribution in [3.05, 3.63) is 56.4 Å². The van der Waals surface area contributed by atoms with Crippen molar-refractivity contribution in [3.63, 3.8) is 0 Å². The van der Waals surface area contributed by atoms with Gasteiger partial charge in [-0.15, -0.1) is 11.3 Å². The fraction of sp³-hybridized carbons (Fsp3) is 0.333. The lowest BCUT2D eigenvalue weighted by Crippen LogP contribution is -2.22. The summed E-state index contributed by atoms with van der Waals surface area (Å²) in [5, 5.41) is 3.25. The Balaban J connectivity index is 2.01. The third-order valence-corrected chi connectivity index (χ3v) is 4.70. The van der Waals surface area contributed by atoms with Gasteiger partial charge in [0, 0.05) is 4.88 Å². The maximum Gasteiger partial charge on any atom is 0.123 e. The lowest BCUT2D eigenvalue weighted by atomic mass is 9.95. The van der Waals surface area contributed by atoms with Gasteiger partial charge in [0.05, 0.1) is 3.79 Å². The smallest absolute Gasteiger partial charge is 0.123 e. The zero-order valence-electron chi connectivity index (χ0n) is 10.8. The molecule has 0 radical (unpaired) electrons. The molecule has 102 valence electrons. The largest absolute Gasteiger partial charge is 0.319 e. The van der Waals surface area contributed by atoms with Crippen LogP contribution in [-0.4, -0.2) is 13.6 Å². The minimum atomic E-state index is -0.170. The number of hydrogen-bond acceptors (Lipinski definition) is 2. The lowest BCUT2D eigenvalue weighted by molar-refractivity contribution is 0.496. The molecule has 1 N–H and O–H groups in total. The lowest BCUT2D eigenvalue weighted by Gasteiger charge is -2.15. The Morgan fingerprint density at radius 1 is 1.16 bits per heavy atom. The van der Waals surface area contributed by atoms with E-state index in [4.69, 9.17) is 0 Å². The van der Waals surface area contributed by atoms with Gasteiger partial charge in [-0.05, 0) is 78.1 Å². The highest BCUT2D eigenvalue weighted by Crippen LogP contribution is 2.25. The quantitative estimate of drug-likeness (QED) is 0.827. The van der Waals surface area contributed by atoms with Gasteiger partial charge in [-0.3, -0.25) is 0 Å². The van der Waals surface area contributed by atoms with Crippen molar-refractivity contribution in [2.24, 2.45) is 5.92 Å². The van der Waals surface area contributed by atoms with Crippen molar-refractivity contribution in [2.75, 3.05) is 13.6 Å². The maximum atomic E-state index is 12.9. The molecule has 0 bridgehead atoms. The monoisotopic (exact) mass is 341 g/mol. The van der Waals surface area contributed by atoms with Crippen molar-refractivity contribution < 1.29 is 4.39 Å². The average Bonchev–Trinajstić information content (AvgIpc) is 2.78. The zero-order valence-corrected chi connectivity index (χ0v) is 13.2. The highest BCUT2D eigenvalue weighted by Gasteiger charge is 2.11. The van der Waals surface area contributed by atoms with Crippen LogP contribution in [0.5, 0.6) is 0 Å². The minimum Gasteiger partial charge on any atom is -0.319 e.